The van der Waals surface area contributed by atoms with Gasteiger partial charge in [-0.05, 0) is 26.8 Å². The fourth-order valence-electron chi connectivity index (χ4n) is 1.60. The maximum Gasteiger partial charge on any atom is 0.236 e. The average molecular weight is 216 g/mol. The Balaban J connectivity index is 4.07. The van der Waals surface area contributed by atoms with Gasteiger partial charge < -0.3 is 10.0 Å². The van der Waals surface area contributed by atoms with Gasteiger partial charge in [-0.1, -0.05) is 6.92 Å². The lowest BCUT2D eigenvalue weighted by molar-refractivity contribution is -0.132. The van der Waals surface area contributed by atoms with E-state index in [4.69, 9.17) is 5.11 Å². The van der Waals surface area contributed by atoms with E-state index < -0.39 is 0 Å². The molecule has 15 heavy (non-hydrogen) atoms. The van der Waals surface area contributed by atoms with Crippen molar-refractivity contribution in [3.05, 3.63) is 0 Å². The summed E-state index contributed by atoms with van der Waals surface area (Å²) in [7, 11) is 0. The Hall–Kier alpha value is -0.610. The number of aliphatic hydroxyl groups is 1. The second-order valence-electron chi connectivity index (χ2n) is 3.57. The summed E-state index contributed by atoms with van der Waals surface area (Å²) in [6, 6.07) is 0. The largest absolute Gasteiger partial charge is 0.395 e. The molecule has 0 aromatic carbocycles. The van der Waals surface area contributed by atoms with Crippen LogP contribution in [-0.2, 0) is 4.79 Å². The number of hydrogen-bond donors (Lipinski definition) is 1. The van der Waals surface area contributed by atoms with Crippen molar-refractivity contribution in [3.63, 3.8) is 0 Å². The molecular formula is C11H24N2O2. The van der Waals surface area contributed by atoms with Crippen LogP contribution in [-0.4, -0.2) is 60.1 Å². The Morgan fingerprint density at radius 1 is 1.13 bits per heavy atom. The fourth-order valence-corrected chi connectivity index (χ4v) is 1.60. The van der Waals surface area contributed by atoms with Gasteiger partial charge in [-0.15, -0.1) is 0 Å². The van der Waals surface area contributed by atoms with E-state index >= 15 is 0 Å². The van der Waals surface area contributed by atoms with Crippen molar-refractivity contribution < 1.29 is 9.90 Å². The number of nitrogens with zero attached hydrogens (tertiary/aromatic N) is 2. The molecule has 0 radical (unpaired) electrons. The Labute approximate surface area is 92.9 Å². The molecule has 90 valence electrons. The van der Waals surface area contributed by atoms with Gasteiger partial charge >= 0.3 is 0 Å². The highest BCUT2D eigenvalue weighted by Crippen LogP contribution is 1.95. The molecule has 4 heteroatoms. The molecule has 1 amide bonds. The van der Waals surface area contributed by atoms with Crippen LogP contribution >= 0.6 is 0 Å². The first-order chi connectivity index (χ1) is 7.19. The van der Waals surface area contributed by atoms with Crippen LogP contribution in [0.1, 0.15) is 27.2 Å². The summed E-state index contributed by atoms with van der Waals surface area (Å²) in [5.41, 5.74) is 0. The topological polar surface area (TPSA) is 43.8 Å². The van der Waals surface area contributed by atoms with Crippen LogP contribution in [0.3, 0.4) is 0 Å². The lowest BCUT2D eigenvalue weighted by Crippen LogP contribution is -2.41. The lowest BCUT2D eigenvalue weighted by atomic mass is 10.3. The van der Waals surface area contributed by atoms with Crippen LogP contribution in [0.2, 0.25) is 0 Å². The fraction of sp³-hybridized carbons (Fsp3) is 0.909. The molecule has 4 nitrogen and oxygen atoms in total. The molecule has 0 aliphatic carbocycles. The van der Waals surface area contributed by atoms with Crippen molar-refractivity contribution in [2.45, 2.75) is 27.2 Å². The Morgan fingerprint density at radius 3 is 2.13 bits per heavy atom. The van der Waals surface area contributed by atoms with E-state index in [1.165, 1.54) is 0 Å². The van der Waals surface area contributed by atoms with E-state index in [2.05, 4.69) is 6.92 Å². The van der Waals surface area contributed by atoms with Crippen molar-refractivity contribution in [2.24, 2.45) is 0 Å². The van der Waals surface area contributed by atoms with E-state index in [9.17, 15) is 4.79 Å². The minimum atomic E-state index is 0.117. The van der Waals surface area contributed by atoms with Crippen LogP contribution < -0.4 is 0 Å². The van der Waals surface area contributed by atoms with Crippen molar-refractivity contribution in [1.82, 2.24) is 9.80 Å². The van der Waals surface area contributed by atoms with Crippen LogP contribution in [0, 0.1) is 0 Å². The van der Waals surface area contributed by atoms with Gasteiger partial charge in [0.25, 0.3) is 0 Å². The van der Waals surface area contributed by atoms with Gasteiger partial charge in [-0.3, -0.25) is 9.69 Å². The summed E-state index contributed by atoms with van der Waals surface area (Å²) in [6.07, 6.45) is 1.01. The van der Waals surface area contributed by atoms with E-state index in [1.54, 1.807) is 0 Å². The van der Waals surface area contributed by atoms with E-state index in [1.807, 2.05) is 23.6 Å². The molecule has 0 aromatic rings. The molecule has 0 aliphatic heterocycles. The predicted molar refractivity (Wildman–Crippen MR) is 61.7 cm³/mol. The zero-order valence-corrected chi connectivity index (χ0v) is 10.2. The minimum Gasteiger partial charge on any atom is -0.395 e. The molecular weight excluding hydrogens is 192 g/mol. The van der Waals surface area contributed by atoms with Gasteiger partial charge in [0.2, 0.25) is 5.91 Å². The number of aliphatic hydroxyl groups excluding tert-OH is 1. The summed E-state index contributed by atoms with van der Waals surface area (Å²) in [5, 5.41) is 8.86. The average Bonchev–Trinajstić information content (AvgIpc) is 2.20. The summed E-state index contributed by atoms with van der Waals surface area (Å²) in [5.74, 6) is 0.155. The number of carbonyl (C=O) groups is 1. The Morgan fingerprint density at radius 2 is 1.73 bits per heavy atom. The van der Waals surface area contributed by atoms with Gasteiger partial charge in [0.15, 0.2) is 0 Å². The smallest absolute Gasteiger partial charge is 0.236 e. The minimum absolute atomic E-state index is 0.117. The molecule has 0 unspecified atom stereocenters. The number of amides is 1. The standard InChI is InChI=1S/C11H24N2O2/c1-4-7-12(8-9-14)10-11(15)13(5-2)6-3/h14H,4-10H2,1-3H3. The van der Waals surface area contributed by atoms with E-state index in [0.29, 0.717) is 13.1 Å². The molecule has 0 saturated heterocycles. The van der Waals surface area contributed by atoms with E-state index in [-0.39, 0.29) is 12.5 Å². The summed E-state index contributed by atoms with van der Waals surface area (Å²) >= 11 is 0. The summed E-state index contributed by atoms with van der Waals surface area (Å²) < 4.78 is 0. The van der Waals surface area contributed by atoms with Crippen molar-refractivity contribution >= 4 is 5.91 Å². The first kappa shape index (κ1) is 14.4. The van der Waals surface area contributed by atoms with Crippen LogP contribution in [0.4, 0.5) is 0 Å². The summed E-state index contributed by atoms with van der Waals surface area (Å²) in [6.45, 7) is 9.56. The molecule has 0 saturated carbocycles. The molecule has 1 N–H and O–H groups in total. The zero-order chi connectivity index (χ0) is 11.7. The van der Waals surface area contributed by atoms with Gasteiger partial charge in [0.1, 0.15) is 0 Å². The third-order valence-corrected chi connectivity index (χ3v) is 2.43. The highest BCUT2D eigenvalue weighted by Gasteiger charge is 2.13. The third-order valence-electron chi connectivity index (χ3n) is 2.43. The molecule has 0 spiro atoms. The van der Waals surface area contributed by atoms with Gasteiger partial charge in [-0.2, -0.15) is 0 Å². The second-order valence-corrected chi connectivity index (χ2v) is 3.57. The number of hydrogen-bond acceptors (Lipinski definition) is 3. The molecule has 0 heterocycles. The van der Waals surface area contributed by atoms with Crippen LogP contribution in [0.25, 0.3) is 0 Å². The summed E-state index contributed by atoms with van der Waals surface area (Å²) in [4.78, 5) is 15.6. The molecule has 0 atom stereocenters. The molecule has 0 bridgehead atoms. The SMILES string of the molecule is CCCN(CCO)CC(=O)N(CC)CC. The van der Waals surface area contributed by atoms with Crippen LogP contribution in [0.15, 0.2) is 0 Å². The second kappa shape index (κ2) is 8.68. The van der Waals surface area contributed by atoms with Gasteiger partial charge in [0.05, 0.1) is 13.2 Å². The van der Waals surface area contributed by atoms with Crippen molar-refractivity contribution in [1.29, 1.82) is 0 Å². The number of rotatable bonds is 8. The highest BCUT2D eigenvalue weighted by molar-refractivity contribution is 5.78. The normalized spacial score (nSPS) is 10.7. The maximum absolute atomic E-state index is 11.8. The number of carbonyl (C=O) groups excluding carboxylic acids is 1. The highest BCUT2D eigenvalue weighted by atomic mass is 16.3. The van der Waals surface area contributed by atoms with E-state index in [0.717, 1.165) is 26.1 Å². The zero-order valence-electron chi connectivity index (χ0n) is 10.2. The predicted octanol–water partition coefficient (Wildman–Crippen LogP) is 0.559. The third kappa shape index (κ3) is 5.74. The van der Waals surface area contributed by atoms with Crippen molar-refractivity contribution in [3.8, 4) is 0 Å². The van der Waals surface area contributed by atoms with Gasteiger partial charge in [0, 0.05) is 19.6 Å². The quantitative estimate of drug-likeness (QED) is 0.645. The Bertz CT molecular complexity index is 164. The molecule has 0 aliphatic rings. The first-order valence-corrected chi connectivity index (χ1v) is 5.80. The van der Waals surface area contributed by atoms with Gasteiger partial charge in [-0.25, -0.2) is 0 Å². The first-order valence-electron chi connectivity index (χ1n) is 5.80. The van der Waals surface area contributed by atoms with Crippen LogP contribution in [0.5, 0.6) is 0 Å². The van der Waals surface area contributed by atoms with Crippen molar-refractivity contribution in [2.75, 3.05) is 39.3 Å². The number of likely N-dealkylation sites (N-methyl/N-ethyl adjacent to an activating group) is 1. The lowest BCUT2D eigenvalue weighted by Gasteiger charge is -2.25. The molecule has 0 aromatic heterocycles. The maximum atomic E-state index is 11.8. The monoisotopic (exact) mass is 216 g/mol. The molecule has 0 rings (SSSR count). The molecule has 0 fully saturated rings. The Kier molecular flexibility index (Phi) is 8.33.